The number of urea groups is 1. The molecule has 1 aliphatic heterocycles. The standard InChI is InChI=1S/C23H25N3O6/c1-14-20(22(28)24-12-15-7-5-4-6-8-15)21(26-23(29)25-14)16-9-10-17(18(11-16)30-2)32-13-19(27)31-3/h4-11,21H,12-13H2,1-3H3,(H,24,28)(H2,25,26,29)/t21-/m1/s1. The number of hydrogen-bond acceptors (Lipinski definition) is 6. The van der Waals surface area contributed by atoms with Gasteiger partial charge in [0, 0.05) is 12.2 Å². The van der Waals surface area contributed by atoms with E-state index in [1.165, 1.54) is 14.2 Å². The number of rotatable bonds is 8. The summed E-state index contributed by atoms with van der Waals surface area (Å²) in [5, 5.41) is 8.33. The SMILES string of the molecule is COC(=O)COc1ccc([C@H]2NC(=O)NC(C)=C2C(=O)NCc2ccccc2)cc1OC. The Morgan fingerprint density at radius 2 is 1.81 bits per heavy atom. The lowest BCUT2D eigenvalue weighted by atomic mass is 9.94. The van der Waals surface area contributed by atoms with Crippen LogP contribution in [0.1, 0.15) is 24.1 Å². The summed E-state index contributed by atoms with van der Waals surface area (Å²) in [5.74, 6) is -0.162. The lowest BCUT2D eigenvalue weighted by molar-refractivity contribution is -0.142. The number of benzene rings is 2. The first-order valence-electron chi connectivity index (χ1n) is 9.91. The van der Waals surface area contributed by atoms with E-state index in [4.69, 9.17) is 9.47 Å². The minimum absolute atomic E-state index is 0.275. The highest BCUT2D eigenvalue weighted by atomic mass is 16.6. The van der Waals surface area contributed by atoms with E-state index >= 15 is 0 Å². The van der Waals surface area contributed by atoms with Crippen LogP contribution in [0.15, 0.2) is 59.8 Å². The van der Waals surface area contributed by atoms with Crippen molar-refractivity contribution >= 4 is 17.9 Å². The number of carbonyl (C=O) groups is 3. The lowest BCUT2D eigenvalue weighted by Gasteiger charge is -2.29. The van der Waals surface area contributed by atoms with Gasteiger partial charge in [0.1, 0.15) is 0 Å². The van der Waals surface area contributed by atoms with Crippen LogP contribution in [0.2, 0.25) is 0 Å². The van der Waals surface area contributed by atoms with Crippen molar-refractivity contribution in [1.82, 2.24) is 16.0 Å². The van der Waals surface area contributed by atoms with Crippen LogP contribution >= 0.6 is 0 Å². The molecule has 0 fully saturated rings. The lowest BCUT2D eigenvalue weighted by Crippen LogP contribution is -2.46. The maximum Gasteiger partial charge on any atom is 0.343 e. The van der Waals surface area contributed by atoms with E-state index < -0.39 is 18.0 Å². The van der Waals surface area contributed by atoms with E-state index in [2.05, 4.69) is 20.7 Å². The maximum atomic E-state index is 13.0. The zero-order chi connectivity index (χ0) is 23.1. The zero-order valence-corrected chi connectivity index (χ0v) is 18.1. The van der Waals surface area contributed by atoms with Gasteiger partial charge in [0.15, 0.2) is 18.1 Å². The second kappa shape index (κ2) is 10.3. The molecule has 1 heterocycles. The average molecular weight is 439 g/mol. The van der Waals surface area contributed by atoms with Crippen molar-refractivity contribution < 1.29 is 28.6 Å². The van der Waals surface area contributed by atoms with Crippen LogP contribution in [0, 0.1) is 0 Å². The van der Waals surface area contributed by atoms with Crippen LogP contribution in [0.25, 0.3) is 0 Å². The van der Waals surface area contributed by atoms with Crippen LogP contribution < -0.4 is 25.4 Å². The van der Waals surface area contributed by atoms with Crippen molar-refractivity contribution in [3.63, 3.8) is 0 Å². The van der Waals surface area contributed by atoms with Crippen molar-refractivity contribution in [2.75, 3.05) is 20.8 Å². The van der Waals surface area contributed by atoms with Gasteiger partial charge in [-0.15, -0.1) is 0 Å². The van der Waals surface area contributed by atoms with Gasteiger partial charge >= 0.3 is 12.0 Å². The van der Waals surface area contributed by atoms with Gasteiger partial charge in [-0.25, -0.2) is 9.59 Å². The molecule has 9 nitrogen and oxygen atoms in total. The van der Waals surface area contributed by atoms with Crippen molar-refractivity contribution in [3.05, 3.63) is 70.9 Å². The van der Waals surface area contributed by atoms with Crippen molar-refractivity contribution in [1.29, 1.82) is 0 Å². The number of esters is 1. The monoisotopic (exact) mass is 439 g/mol. The highest BCUT2D eigenvalue weighted by molar-refractivity contribution is 5.98. The smallest absolute Gasteiger partial charge is 0.343 e. The first-order chi connectivity index (χ1) is 15.4. The molecule has 0 bridgehead atoms. The molecule has 3 rings (SSSR count). The minimum Gasteiger partial charge on any atom is -0.493 e. The topological polar surface area (TPSA) is 115 Å². The van der Waals surface area contributed by atoms with E-state index in [0.29, 0.717) is 34.9 Å². The summed E-state index contributed by atoms with van der Waals surface area (Å²) in [5.41, 5.74) is 2.41. The number of amides is 3. The fourth-order valence-corrected chi connectivity index (χ4v) is 3.30. The van der Waals surface area contributed by atoms with Gasteiger partial charge in [0.05, 0.1) is 25.8 Å². The molecule has 168 valence electrons. The molecule has 2 aromatic rings. The molecule has 0 aromatic heterocycles. The number of methoxy groups -OCH3 is 2. The van der Waals surface area contributed by atoms with E-state index in [-0.39, 0.29) is 12.5 Å². The fourth-order valence-electron chi connectivity index (χ4n) is 3.30. The Kier molecular flexibility index (Phi) is 7.33. The van der Waals surface area contributed by atoms with Crippen LogP contribution in [-0.2, 0) is 20.9 Å². The molecular formula is C23H25N3O6. The van der Waals surface area contributed by atoms with Crippen molar-refractivity contribution in [2.45, 2.75) is 19.5 Å². The first kappa shape index (κ1) is 22.7. The summed E-state index contributed by atoms with van der Waals surface area (Å²) >= 11 is 0. The predicted molar refractivity (Wildman–Crippen MR) is 116 cm³/mol. The normalized spacial score (nSPS) is 15.3. The summed E-state index contributed by atoms with van der Waals surface area (Å²) in [4.78, 5) is 36.5. The zero-order valence-electron chi connectivity index (χ0n) is 18.1. The quantitative estimate of drug-likeness (QED) is 0.543. The van der Waals surface area contributed by atoms with E-state index in [1.54, 1.807) is 25.1 Å². The van der Waals surface area contributed by atoms with Crippen molar-refractivity contribution in [3.8, 4) is 11.5 Å². The van der Waals surface area contributed by atoms with Crippen LogP contribution in [0.3, 0.4) is 0 Å². The Balaban J connectivity index is 1.85. The summed E-state index contributed by atoms with van der Waals surface area (Å²) in [6.45, 7) is 1.75. The molecule has 0 radical (unpaired) electrons. The molecule has 32 heavy (non-hydrogen) atoms. The highest BCUT2D eigenvalue weighted by Gasteiger charge is 2.31. The van der Waals surface area contributed by atoms with Crippen LogP contribution in [0.4, 0.5) is 4.79 Å². The highest BCUT2D eigenvalue weighted by Crippen LogP contribution is 2.34. The Hall–Kier alpha value is -4.01. The van der Waals surface area contributed by atoms with Crippen LogP contribution in [0.5, 0.6) is 11.5 Å². The van der Waals surface area contributed by atoms with Gasteiger partial charge in [0.25, 0.3) is 5.91 Å². The first-order valence-corrected chi connectivity index (χ1v) is 9.91. The second-order valence-corrected chi connectivity index (χ2v) is 7.01. The Labute approximate surface area is 185 Å². The van der Waals surface area contributed by atoms with Gasteiger partial charge in [0.2, 0.25) is 0 Å². The van der Waals surface area contributed by atoms with Crippen molar-refractivity contribution in [2.24, 2.45) is 0 Å². The number of ether oxygens (including phenoxy) is 3. The molecule has 3 amide bonds. The molecule has 9 heteroatoms. The molecule has 1 atom stereocenters. The van der Waals surface area contributed by atoms with Gasteiger partial charge in [-0.2, -0.15) is 0 Å². The predicted octanol–water partition coefficient (Wildman–Crippen LogP) is 2.19. The molecule has 3 N–H and O–H groups in total. The molecule has 0 saturated heterocycles. The van der Waals surface area contributed by atoms with Crippen LogP contribution in [-0.4, -0.2) is 38.7 Å². The summed E-state index contributed by atoms with van der Waals surface area (Å²) < 4.78 is 15.4. The van der Waals surface area contributed by atoms with E-state index in [1.807, 2.05) is 30.3 Å². The van der Waals surface area contributed by atoms with E-state index in [9.17, 15) is 14.4 Å². The van der Waals surface area contributed by atoms with Gasteiger partial charge in [-0.1, -0.05) is 36.4 Å². The third-order valence-electron chi connectivity index (χ3n) is 4.90. The third kappa shape index (κ3) is 5.37. The molecule has 0 saturated carbocycles. The largest absolute Gasteiger partial charge is 0.493 e. The Morgan fingerprint density at radius 3 is 2.50 bits per heavy atom. The van der Waals surface area contributed by atoms with Gasteiger partial charge < -0.3 is 30.2 Å². The number of carbonyl (C=O) groups excluding carboxylic acids is 3. The number of hydrogen-bond donors (Lipinski definition) is 3. The van der Waals surface area contributed by atoms with E-state index in [0.717, 1.165) is 5.56 Å². The third-order valence-corrected chi connectivity index (χ3v) is 4.90. The van der Waals surface area contributed by atoms with Gasteiger partial charge in [-0.05, 0) is 30.2 Å². The Morgan fingerprint density at radius 1 is 1.06 bits per heavy atom. The second-order valence-electron chi connectivity index (χ2n) is 7.01. The molecule has 0 spiro atoms. The molecular weight excluding hydrogens is 414 g/mol. The molecule has 0 aliphatic carbocycles. The average Bonchev–Trinajstić information content (AvgIpc) is 2.81. The number of allylic oxidation sites excluding steroid dienone is 1. The molecule has 0 unspecified atom stereocenters. The number of nitrogens with one attached hydrogen (secondary N) is 3. The summed E-state index contributed by atoms with van der Waals surface area (Å²) in [6.07, 6.45) is 0. The fraction of sp³-hybridized carbons (Fsp3) is 0.261. The Bertz CT molecular complexity index is 1040. The summed E-state index contributed by atoms with van der Waals surface area (Å²) in [6, 6.07) is 13.4. The maximum absolute atomic E-state index is 13.0. The minimum atomic E-state index is -0.705. The molecule has 2 aromatic carbocycles. The van der Waals surface area contributed by atoms with Gasteiger partial charge in [-0.3, -0.25) is 4.79 Å². The molecule has 1 aliphatic rings. The summed E-state index contributed by atoms with van der Waals surface area (Å²) in [7, 11) is 2.73.